The Morgan fingerprint density at radius 1 is 1.14 bits per heavy atom. The minimum Gasteiger partial charge on any atom is -0.474 e. The SMILES string of the molecule is CC(C)C(=O)N(C)CCOc1nc2ccccc2nc1-c1cccc(C#N)c1. The summed E-state index contributed by atoms with van der Waals surface area (Å²) >= 11 is 0. The van der Waals surface area contributed by atoms with E-state index in [0.29, 0.717) is 30.3 Å². The molecule has 0 fully saturated rings. The summed E-state index contributed by atoms with van der Waals surface area (Å²) in [6, 6.07) is 16.9. The highest BCUT2D eigenvalue weighted by atomic mass is 16.5. The van der Waals surface area contributed by atoms with Gasteiger partial charge in [0.15, 0.2) is 0 Å². The molecule has 0 N–H and O–H groups in total. The first kappa shape index (κ1) is 19.3. The summed E-state index contributed by atoms with van der Waals surface area (Å²) in [6.07, 6.45) is 0. The minimum absolute atomic E-state index is 0.0604. The highest BCUT2D eigenvalue weighted by Gasteiger charge is 2.15. The number of amides is 1. The number of nitrogens with zero attached hydrogens (tertiary/aromatic N) is 4. The van der Waals surface area contributed by atoms with Crippen molar-refractivity contribution in [1.29, 1.82) is 5.26 Å². The zero-order valence-electron chi connectivity index (χ0n) is 16.2. The second-order valence-corrected chi connectivity index (χ2v) is 6.82. The van der Waals surface area contributed by atoms with E-state index in [9.17, 15) is 10.1 Å². The molecule has 142 valence electrons. The van der Waals surface area contributed by atoms with Gasteiger partial charge in [-0.2, -0.15) is 5.26 Å². The van der Waals surface area contributed by atoms with Crippen LogP contribution < -0.4 is 4.74 Å². The molecule has 28 heavy (non-hydrogen) atoms. The number of carbonyl (C=O) groups is 1. The summed E-state index contributed by atoms with van der Waals surface area (Å²) in [5.74, 6) is 0.393. The van der Waals surface area contributed by atoms with Gasteiger partial charge < -0.3 is 9.64 Å². The average molecular weight is 374 g/mol. The molecule has 0 radical (unpaired) electrons. The quantitative estimate of drug-likeness (QED) is 0.658. The highest BCUT2D eigenvalue weighted by Crippen LogP contribution is 2.29. The molecule has 3 aromatic rings. The van der Waals surface area contributed by atoms with Crippen molar-refractivity contribution in [1.82, 2.24) is 14.9 Å². The molecule has 2 aromatic carbocycles. The molecule has 0 saturated heterocycles. The summed E-state index contributed by atoms with van der Waals surface area (Å²) in [4.78, 5) is 23.0. The topological polar surface area (TPSA) is 79.1 Å². The molecule has 6 nitrogen and oxygen atoms in total. The molecule has 0 unspecified atom stereocenters. The van der Waals surface area contributed by atoms with Crippen LogP contribution in [0.1, 0.15) is 19.4 Å². The first-order chi connectivity index (χ1) is 13.5. The Morgan fingerprint density at radius 2 is 1.86 bits per heavy atom. The van der Waals surface area contributed by atoms with Gasteiger partial charge in [-0.25, -0.2) is 9.97 Å². The summed E-state index contributed by atoms with van der Waals surface area (Å²) in [7, 11) is 1.76. The van der Waals surface area contributed by atoms with Crippen molar-refractivity contribution in [2.24, 2.45) is 5.92 Å². The summed E-state index contributed by atoms with van der Waals surface area (Å²) in [6.45, 7) is 4.49. The van der Waals surface area contributed by atoms with Crippen LogP contribution in [0.3, 0.4) is 0 Å². The van der Waals surface area contributed by atoms with Crippen molar-refractivity contribution in [2.45, 2.75) is 13.8 Å². The molecule has 3 rings (SSSR count). The van der Waals surface area contributed by atoms with Crippen molar-refractivity contribution in [3.05, 3.63) is 54.1 Å². The van der Waals surface area contributed by atoms with E-state index in [-0.39, 0.29) is 11.8 Å². The number of rotatable bonds is 6. The van der Waals surface area contributed by atoms with E-state index in [1.54, 1.807) is 24.1 Å². The van der Waals surface area contributed by atoms with Gasteiger partial charge >= 0.3 is 0 Å². The van der Waals surface area contributed by atoms with Crippen LogP contribution in [0, 0.1) is 17.2 Å². The van der Waals surface area contributed by atoms with Gasteiger partial charge in [0, 0.05) is 18.5 Å². The first-order valence-electron chi connectivity index (χ1n) is 9.14. The largest absolute Gasteiger partial charge is 0.474 e. The number of nitriles is 1. The van der Waals surface area contributed by atoms with E-state index >= 15 is 0 Å². The molecule has 0 aliphatic heterocycles. The van der Waals surface area contributed by atoms with Crippen molar-refractivity contribution in [3.63, 3.8) is 0 Å². The molecule has 0 spiro atoms. The lowest BCUT2D eigenvalue weighted by Crippen LogP contribution is -2.33. The van der Waals surface area contributed by atoms with Gasteiger partial charge in [0.05, 0.1) is 29.2 Å². The smallest absolute Gasteiger partial charge is 0.241 e. The van der Waals surface area contributed by atoms with Crippen molar-refractivity contribution in [2.75, 3.05) is 20.2 Å². The zero-order valence-corrected chi connectivity index (χ0v) is 16.2. The third-order valence-corrected chi connectivity index (χ3v) is 4.34. The maximum absolute atomic E-state index is 12.0. The van der Waals surface area contributed by atoms with Crippen LogP contribution in [-0.4, -0.2) is 41.0 Å². The number of hydrogen-bond donors (Lipinski definition) is 0. The lowest BCUT2D eigenvalue weighted by Gasteiger charge is -2.19. The molecule has 0 saturated carbocycles. The standard InChI is InChI=1S/C22H22N4O2/c1-15(2)22(27)26(3)11-12-28-21-20(17-8-6-7-16(13-17)14-23)24-18-9-4-5-10-19(18)25-21/h4-10,13,15H,11-12H2,1-3H3. The number of hydrogen-bond acceptors (Lipinski definition) is 5. The Hall–Kier alpha value is -3.46. The zero-order chi connectivity index (χ0) is 20.1. The second-order valence-electron chi connectivity index (χ2n) is 6.82. The van der Waals surface area contributed by atoms with Crippen molar-refractivity contribution < 1.29 is 9.53 Å². The Bertz CT molecular complexity index is 1040. The minimum atomic E-state index is -0.0604. The molecule has 0 aliphatic carbocycles. The number of likely N-dealkylation sites (N-methyl/N-ethyl adjacent to an activating group) is 1. The fraction of sp³-hybridized carbons (Fsp3) is 0.273. The molecule has 6 heteroatoms. The lowest BCUT2D eigenvalue weighted by molar-refractivity contribution is -0.133. The van der Waals surface area contributed by atoms with Gasteiger partial charge in [0.25, 0.3) is 0 Å². The van der Waals surface area contributed by atoms with E-state index in [0.717, 1.165) is 16.6 Å². The van der Waals surface area contributed by atoms with Crippen molar-refractivity contribution in [3.8, 4) is 23.2 Å². The normalized spacial score (nSPS) is 10.7. The van der Waals surface area contributed by atoms with E-state index in [1.165, 1.54) is 0 Å². The molecule has 1 aromatic heterocycles. The number of para-hydroxylation sites is 2. The van der Waals surface area contributed by atoms with Crippen LogP contribution in [0.25, 0.3) is 22.3 Å². The lowest BCUT2D eigenvalue weighted by atomic mass is 10.1. The van der Waals surface area contributed by atoms with Crippen molar-refractivity contribution >= 4 is 16.9 Å². The number of fused-ring (bicyclic) bond motifs is 1. The number of ether oxygens (including phenoxy) is 1. The fourth-order valence-electron chi connectivity index (χ4n) is 2.84. The van der Waals surface area contributed by atoms with Crippen LogP contribution >= 0.6 is 0 Å². The Morgan fingerprint density at radius 3 is 2.54 bits per heavy atom. The van der Waals surface area contributed by atoms with Crippen LogP contribution in [0.15, 0.2) is 48.5 Å². The van der Waals surface area contributed by atoms with Crippen LogP contribution in [0.5, 0.6) is 5.88 Å². The van der Waals surface area contributed by atoms with Gasteiger partial charge in [-0.05, 0) is 24.3 Å². The van der Waals surface area contributed by atoms with Gasteiger partial charge in [-0.1, -0.05) is 38.1 Å². The predicted octanol–water partition coefficient (Wildman–Crippen LogP) is 3.66. The second kappa shape index (κ2) is 8.49. The van der Waals surface area contributed by atoms with Gasteiger partial charge in [0.1, 0.15) is 12.3 Å². The molecule has 1 amide bonds. The molecular formula is C22H22N4O2. The first-order valence-corrected chi connectivity index (χ1v) is 9.14. The predicted molar refractivity (Wildman–Crippen MR) is 108 cm³/mol. The number of benzene rings is 2. The molecule has 0 atom stereocenters. The summed E-state index contributed by atoms with van der Waals surface area (Å²) < 4.78 is 5.92. The third kappa shape index (κ3) is 4.26. The Labute approximate surface area is 164 Å². The maximum Gasteiger partial charge on any atom is 0.241 e. The van der Waals surface area contributed by atoms with Crippen LogP contribution in [0.2, 0.25) is 0 Å². The number of aromatic nitrogens is 2. The summed E-state index contributed by atoms with van der Waals surface area (Å²) in [5, 5.41) is 9.19. The molecule has 0 bridgehead atoms. The summed E-state index contributed by atoms with van der Waals surface area (Å²) in [5.41, 5.74) is 3.36. The monoisotopic (exact) mass is 374 g/mol. The Balaban J connectivity index is 1.91. The average Bonchev–Trinajstić information content (AvgIpc) is 2.72. The molecule has 0 aliphatic rings. The van der Waals surface area contributed by atoms with E-state index in [4.69, 9.17) is 9.72 Å². The Kier molecular flexibility index (Phi) is 5.85. The maximum atomic E-state index is 12.0. The van der Waals surface area contributed by atoms with Crippen LogP contribution in [-0.2, 0) is 4.79 Å². The van der Waals surface area contributed by atoms with Crippen LogP contribution in [0.4, 0.5) is 0 Å². The van der Waals surface area contributed by atoms with E-state index in [2.05, 4.69) is 11.1 Å². The van der Waals surface area contributed by atoms with Gasteiger partial charge in [-0.15, -0.1) is 0 Å². The highest BCUT2D eigenvalue weighted by molar-refractivity contribution is 5.80. The van der Waals surface area contributed by atoms with E-state index < -0.39 is 0 Å². The molecule has 1 heterocycles. The molecular weight excluding hydrogens is 352 g/mol. The fourth-order valence-corrected chi connectivity index (χ4v) is 2.84. The van der Waals surface area contributed by atoms with Gasteiger partial charge in [0.2, 0.25) is 11.8 Å². The van der Waals surface area contributed by atoms with Gasteiger partial charge in [-0.3, -0.25) is 4.79 Å². The van der Waals surface area contributed by atoms with E-state index in [1.807, 2.05) is 50.2 Å². The third-order valence-electron chi connectivity index (χ3n) is 4.34. The number of carbonyl (C=O) groups excluding carboxylic acids is 1.